The van der Waals surface area contributed by atoms with Crippen LogP contribution >= 0.6 is 11.3 Å². The summed E-state index contributed by atoms with van der Waals surface area (Å²) in [4.78, 5) is 14.8. The molecule has 0 saturated heterocycles. The molecule has 0 bridgehead atoms. The number of nitrogens with one attached hydrogen (secondary N) is 1. The standard InChI is InChI=1S/C19H14N4O3S/c1-26-17-4-2-3-15(9-17)21-11-14(10-20)19-22-18(12-27-19)13-5-7-16(8-6-13)23(24)25/h2-9,11-12,21H,1H3/b14-11-. The Kier molecular flexibility index (Phi) is 5.44. The van der Waals surface area contributed by atoms with Crippen LogP contribution in [-0.4, -0.2) is 17.0 Å². The average molecular weight is 378 g/mol. The minimum absolute atomic E-state index is 0.0225. The fourth-order valence-corrected chi connectivity index (χ4v) is 3.09. The van der Waals surface area contributed by atoms with E-state index in [2.05, 4.69) is 16.4 Å². The van der Waals surface area contributed by atoms with Gasteiger partial charge in [0, 0.05) is 41.0 Å². The molecule has 8 heteroatoms. The van der Waals surface area contributed by atoms with Crippen molar-refractivity contribution in [1.82, 2.24) is 4.98 Å². The van der Waals surface area contributed by atoms with Crippen molar-refractivity contribution >= 4 is 28.3 Å². The van der Waals surface area contributed by atoms with Gasteiger partial charge in [0.1, 0.15) is 22.4 Å². The summed E-state index contributed by atoms with van der Waals surface area (Å²) in [6.45, 7) is 0. The Morgan fingerprint density at radius 2 is 2.11 bits per heavy atom. The molecule has 0 amide bonds. The third-order valence-corrected chi connectivity index (χ3v) is 4.56. The highest BCUT2D eigenvalue weighted by Crippen LogP contribution is 2.27. The van der Waals surface area contributed by atoms with E-state index >= 15 is 0 Å². The van der Waals surface area contributed by atoms with Gasteiger partial charge in [-0.15, -0.1) is 11.3 Å². The number of nitrogens with zero attached hydrogens (tertiary/aromatic N) is 3. The van der Waals surface area contributed by atoms with Crippen LogP contribution in [-0.2, 0) is 0 Å². The quantitative estimate of drug-likeness (QED) is 0.379. The van der Waals surface area contributed by atoms with Gasteiger partial charge in [-0.05, 0) is 24.3 Å². The third-order valence-electron chi connectivity index (χ3n) is 3.68. The van der Waals surface area contributed by atoms with Crippen molar-refractivity contribution in [3.05, 3.63) is 75.2 Å². The smallest absolute Gasteiger partial charge is 0.269 e. The van der Waals surface area contributed by atoms with Gasteiger partial charge in [0.05, 0.1) is 17.7 Å². The SMILES string of the molecule is COc1cccc(N/C=C(/C#N)c2nc(-c3ccc([N+](=O)[O-])cc3)cs2)c1. The molecule has 0 aliphatic carbocycles. The van der Waals surface area contributed by atoms with Crippen LogP contribution in [0.5, 0.6) is 5.75 Å². The molecule has 3 aromatic rings. The van der Waals surface area contributed by atoms with Crippen molar-refractivity contribution in [2.24, 2.45) is 0 Å². The van der Waals surface area contributed by atoms with Crippen LogP contribution in [0.25, 0.3) is 16.8 Å². The number of nitriles is 1. The number of ether oxygens (including phenoxy) is 1. The molecule has 0 fully saturated rings. The van der Waals surface area contributed by atoms with Crippen LogP contribution in [0, 0.1) is 21.4 Å². The molecule has 134 valence electrons. The Bertz CT molecular complexity index is 1040. The summed E-state index contributed by atoms with van der Waals surface area (Å²) in [5, 5.41) is 25.6. The van der Waals surface area contributed by atoms with E-state index in [-0.39, 0.29) is 5.69 Å². The highest BCUT2D eigenvalue weighted by molar-refractivity contribution is 7.11. The van der Waals surface area contributed by atoms with Gasteiger partial charge >= 0.3 is 0 Å². The van der Waals surface area contributed by atoms with Crippen LogP contribution in [0.3, 0.4) is 0 Å². The van der Waals surface area contributed by atoms with E-state index in [1.165, 1.54) is 23.5 Å². The number of hydrogen-bond donors (Lipinski definition) is 1. The van der Waals surface area contributed by atoms with E-state index in [0.717, 1.165) is 11.3 Å². The minimum atomic E-state index is -0.447. The molecule has 0 atom stereocenters. The third kappa shape index (κ3) is 4.29. The van der Waals surface area contributed by atoms with Crippen molar-refractivity contribution in [2.45, 2.75) is 0 Å². The minimum Gasteiger partial charge on any atom is -0.497 e. The van der Waals surface area contributed by atoms with Crippen LogP contribution in [0.1, 0.15) is 5.01 Å². The lowest BCUT2D eigenvalue weighted by Crippen LogP contribution is -1.92. The molecule has 0 spiro atoms. The predicted molar refractivity (Wildman–Crippen MR) is 104 cm³/mol. The average Bonchev–Trinajstić information content (AvgIpc) is 3.19. The number of nitro groups is 1. The number of thiazole rings is 1. The van der Waals surface area contributed by atoms with Crippen molar-refractivity contribution in [1.29, 1.82) is 5.26 Å². The molecule has 0 saturated carbocycles. The second-order valence-electron chi connectivity index (χ2n) is 5.39. The zero-order valence-corrected chi connectivity index (χ0v) is 15.1. The number of benzene rings is 2. The van der Waals surface area contributed by atoms with E-state index in [1.54, 1.807) is 25.4 Å². The molecule has 3 rings (SSSR count). The number of anilines is 1. The lowest BCUT2D eigenvalue weighted by Gasteiger charge is -2.04. The maximum atomic E-state index is 10.7. The Labute approximate surface area is 159 Å². The van der Waals surface area contributed by atoms with Gasteiger partial charge < -0.3 is 10.1 Å². The van der Waals surface area contributed by atoms with Crippen LogP contribution < -0.4 is 10.1 Å². The topological polar surface area (TPSA) is 101 Å². The lowest BCUT2D eigenvalue weighted by molar-refractivity contribution is -0.384. The fraction of sp³-hybridized carbons (Fsp3) is 0.0526. The summed E-state index contributed by atoms with van der Waals surface area (Å²) in [6, 6.07) is 15.6. The van der Waals surface area contributed by atoms with Crippen molar-refractivity contribution in [3.8, 4) is 23.1 Å². The van der Waals surface area contributed by atoms with Gasteiger partial charge in [0.2, 0.25) is 0 Å². The maximum absolute atomic E-state index is 10.7. The van der Waals surface area contributed by atoms with Gasteiger partial charge in [-0.25, -0.2) is 4.98 Å². The van der Waals surface area contributed by atoms with Gasteiger partial charge in [-0.2, -0.15) is 5.26 Å². The predicted octanol–water partition coefficient (Wildman–Crippen LogP) is 4.70. The molecular weight excluding hydrogens is 364 g/mol. The Morgan fingerprint density at radius 1 is 1.33 bits per heavy atom. The number of nitro benzene ring substituents is 1. The number of rotatable bonds is 6. The monoisotopic (exact) mass is 378 g/mol. The normalized spacial score (nSPS) is 10.9. The molecule has 27 heavy (non-hydrogen) atoms. The summed E-state index contributed by atoms with van der Waals surface area (Å²) < 4.78 is 5.17. The Balaban J connectivity index is 1.80. The summed E-state index contributed by atoms with van der Waals surface area (Å²) in [5.41, 5.74) is 2.60. The number of methoxy groups -OCH3 is 1. The van der Waals surface area contributed by atoms with E-state index < -0.39 is 4.92 Å². The summed E-state index contributed by atoms with van der Waals surface area (Å²) in [7, 11) is 1.59. The molecule has 0 aliphatic heterocycles. The molecule has 1 heterocycles. The fourth-order valence-electron chi connectivity index (χ4n) is 2.29. The summed E-state index contributed by atoms with van der Waals surface area (Å²) >= 11 is 1.33. The van der Waals surface area contributed by atoms with Gasteiger partial charge in [0.25, 0.3) is 5.69 Å². The van der Waals surface area contributed by atoms with E-state index in [4.69, 9.17) is 4.74 Å². The van der Waals surface area contributed by atoms with E-state index in [0.29, 0.717) is 22.0 Å². The van der Waals surface area contributed by atoms with Gasteiger partial charge in [-0.3, -0.25) is 10.1 Å². The summed E-state index contributed by atoms with van der Waals surface area (Å²) in [5.74, 6) is 0.710. The lowest BCUT2D eigenvalue weighted by atomic mass is 10.1. The van der Waals surface area contributed by atoms with Crippen molar-refractivity contribution in [2.75, 3.05) is 12.4 Å². The highest BCUT2D eigenvalue weighted by Gasteiger charge is 2.11. The zero-order chi connectivity index (χ0) is 19.2. The van der Waals surface area contributed by atoms with Crippen LogP contribution in [0.2, 0.25) is 0 Å². The van der Waals surface area contributed by atoms with Crippen LogP contribution in [0.4, 0.5) is 11.4 Å². The van der Waals surface area contributed by atoms with Gasteiger partial charge in [0.15, 0.2) is 0 Å². The second kappa shape index (κ2) is 8.12. The molecular formula is C19H14N4O3S. The number of allylic oxidation sites excluding steroid dienone is 1. The first-order valence-electron chi connectivity index (χ1n) is 7.82. The Hall–Kier alpha value is -3.70. The highest BCUT2D eigenvalue weighted by atomic mass is 32.1. The molecule has 1 N–H and O–H groups in total. The Morgan fingerprint density at radius 3 is 2.78 bits per heavy atom. The summed E-state index contributed by atoms with van der Waals surface area (Å²) in [6.07, 6.45) is 1.59. The largest absolute Gasteiger partial charge is 0.497 e. The van der Waals surface area contributed by atoms with Crippen LogP contribution in [0.15, 0.2) is 60.1 Å². The van der Waals surface area contributed by atoms with E-state index in [1.807, 2.05) is 29.6 Å². The first-order chi connectivity index (χ1) is 13.1. The number of aromatic nitrogens is 1. The molecule has 1 aromatic heterocycles. The van der Waals surface area contributed by atoms with Gasteiger partial charge in [-0.1, -0.05) is 6.07 Å². The first-order valence-corrected chi connectivity index (χ1v) is 8.70. The zero-order valence-electron chi connectivity index (χ0n) is 14.2. The molecule has 0 unspecified atom stereocenters. The number of non-ortho nitro benzene ring substituents is 1. The molecule has 2 aromatic carbocycles. The van der Waals surface area contributed by atoms with E-state index in [9.17, 15) is 15.4 Å². The van der Waals surface area contributed by atoms with Crippen molar-refractivity contribution in [3.63, 3.8) is 0 Å². The molecule has 0 aliphatic rings. The maximum Gasteiger partial charge on any atom is 0.269 e. The number of hydrogen-bond acceptors (Lipinski definition) is 7. The molecule has 0 radical (unpaired) electrons. The second-order valence-corrected chi connectivity index (χ2v) is 6.25. The molecule has 7 nitrogen and oxygen atoms in total. The first kappa shape index (κ1) is 18.1. The van der Waals surface area contributed by atoms with Crippen molar-refractivity contribution < 1.29 is 9.66 Å².